The number of nitro benzene ring substituents is 1. The number of nitrogens with zero attached hydrogens (tertiary/aromatic N) is 3. The number of rotatable bonds is 7. The highest BCUT2D eigenvalue weighted by Gasteiger charge is 2.34. The van der Waals surface area contributed by atoms with Crippen molar-refractivity contribution in [2.24, 2.45) is 4.99 Å². The number of amidine groups is 1. The molecule has 38 heavy (non-hydrogen) atoms. The number of benzene rings is 3. The second kappa shape index (κ2) is 11.0. The Morgan fingerprint density at radius 3 is 2.29 bits per heavy atom. The summed E-state index contributed by atoms with van der Waals surface area (Å²) in [7, 11) is 1.57. The van der Waals surface area contributed by atoms with Gasteiger partial charge in [-0.05, 0) is 78.9 Å². The maximum absolute atomic E-state index is 12.9. The van der Waals surface area contributed by atoms with E-state index in [1.165, 1.54) is 23.9 Å². The number of ether oxygens (including phenoxy) is 2. The molecule has 1 fully saturated rings. The topological polar surface area (TPSA) is 94.3 Å². The number of halogens is 3. The third-order valence-electron chi connectivity index (χ3n) is 5.39. The van der Waals surface area contributed by atoms with Gasteiger partial charge in [0.05, 0.1) is 28.2 Å². The average Bonchev–Trinajstić information content (AvgIpc) is 3.18. The molecule has 4 rings (SSSR count). The van der Waals surface area contributed by atoms with Crippen molar-refractivity contribution in [3.63, 3.8) is 0 Å². The average molecular weight is 544 g/mol. The Hall–Kier alpha value is -4.32. The third-order valence-corrected chi connectivity index (χ3v) is 6.40. The number of carbonyl (C=O) groups is 1. The number of methoxy groups -OCH3 is 1. The van der Waals surface area contributed by atoms with Gasteiger partial charge in [0, 0.05) is 12.6 Å². The fourth-order valence-corrected chi connectivity index (χ4v) is 4.53. The van der Waals surface area contributed by atoms with Crippen molar-refractivity contribution in [3.8, 4) is 17.2 Å². The van der Waals surface area contributed by atoms with Crippen LogP contribution in [0.2, 0.25) is 0 Å². The predicted molar refractivity (Wildman–Crippen MR) is 138 cm³/mol. The number of hydrogen-bond donors (Lipinski definition) is 0. The fraction of sp³-hybridized carbons (Fsp3) is 0.154. The monoisotopic (exact) mass is 543 g/mol. The van der Waals surface area contributed by atoms with Gasteiger partial charge in [-0.15, -0.1) is 0 Å². The maximum atomic E-state index is 12.9. The van der Waals surface area contributed by atoms with Crippen molar-refractivity contribution in [1.29, 1.82) is 0 Å². The van der Waals surface area contributed by atoms with Crippen molar-refractivity contribution >= 4 is 40.3 Å². The molecule has 0 unspecified atom stereocenters. The van der Waals surface area contributed by atoms with Crippen molar-refractivity contribution in [2.75, 3.05) is 13.7 Å². The highest BCUT2D eigenvalue weighted by atomic mass is 32.2. The smallest absolute Gasteiger partial charge is 0.416 e. The lowest BCUT2D eigenvalue weighted by atomic mass is 10.1. The Morgan fingerprint density at radius 1 is 1.05 bits per heavy atom. The summed E-state index contributed by atoms with van der Waals surface area (Å²) in [6.45, 7) is 2.27. The molecule has 1 heterocycles. The Bertz CT molecular complexity index is 1420. The van der Waals surface area contributed by atoms with E-state index >= 15 is 0 Å². The standard InChI is InChI=1S/C26H20F3N3O5S/c1-3-31-24(33)23(38-25(31)30-18-7-11-19(36-2)12-8-18)14-16-4-9-20(10-5-16)37-22-13-6-17(26(27,28)29)15-21(22)32(34)35/h4-15H,3H2,1-2H3/b23-14+,30-25?. The van der Waals surface area contributed by atoms with Crippen LogP contribution in [0.3, 0.4) is 0 Å². The van der Waals surface area contributed by atoms with Crippen LogP contribution < -0.4 is 9.47 Å². The van der Waals surface area contributed by atoms with Gasteiger partial charge in [0.2, 0.25) is 5.75 Å². The van der Waals surface area contributed by atoms with E-state index in [-0.39, 0.29) is 17.4 Å². The van der Waals surface area contributed by atoms with Crippen LogP contribution in [0.5, 0.6) is 17.2 Å². The van der Waals surface area contributed by atoms with Gasteiger partial charge in [-0.1, -0.05) is 12.1 Å². The number of aliphatic imine (C=N–C) groups is 1. The normalized spacial score (nSPS) is 15.8. The zero-order valence-corrected chi connectivity index (χ0v) is 20.9. The minimum absolute atomic E-state index is 0.178. The zero-order chi connectivity index (χ0) is 27.4. The summed E-state index contributed by atoms with van der Waals surface area (Å²) in [6.07, 6.45) is -3.04. The minimum Gasteiger partial charge on any atom is -0.497 e. The van der Waals surface area contributed by atoms with Gasteiger partial charge < -0.3 is 9.47 Å². The van der Waals surface area contributed by atoms with Crippen LogP contribution in [0, 0.1) is 10.1 Å². The lowest BCUT2D eigenvalue weighted by Crippen LogP contribution is -2.28. The first kappa shape index (κ1) is 26.7. The van der Waals surface area contributed by atoms with E-state index in [9.17, 15) is 28.1 Å². The van der Waals surface area contributed by atoms with Crippen molar-refractivity contribution in [1.82, 2.24) is 4.90 Å². The molecule has 0 saturated carbocycles. The molecule has 196 valence electrons. The summed E-state index contributed by atoms with van der Waals surface area (Å²) in [6, 6.07) is 15.4. The van der Waals surface area contributed by atoms with Crippen molar-refractivity contribution < 1.29 is 32.4 Å². The Labute approximate surface area is 219 Å². The van der Waals surface area contributed by atoms with Crippen LogP contribution in [0.25, 0.3) is 6.08 Å². The van der Waals surface area contributed by atoms with Gasteiger partial charge in [-0.2, -0.15) is 13.2 Å². The number of amides is 1. The van der Waals surface area contributed by atoms with Crippen LogP contribution in [-0.2, 0) is 11.0 Å². The lowest BCUT2D eigenvalue weighted by Gasteiger charge is -2.12. The zero-order valence-electron chi connectivity index (χ0n) is 20.1. The molecule has 0 spiro atoms. The molecule has 0 aliphatic carbocycles. The van der Waals surface area contributed by atoms with Gasteiger partial charge in [0.25, 0.3) is 5.91 Å². The molecule has 0 aromatic heterocycles. The van der Waals surface area contributed by atoms with Crippen LogP contribution in [-0.4, -0.2) is 34.6 Å². The number of nitro groups is 1. The largest absolute Gasteiger partial charge is 0.497 e. The van der Waals surface area contributed by atoms with Gasteiger partial charge in [-0.3, -0.25) is 19.8 Å². The highest BCUT2D eigenvalue weighted by molar-refractivity contribution is 8.18. The minimum atomic E-state index is -4.72. The number of thioether (sulfide) groups is 1. The molecule has 1 aliphatic rings. The molecule has 0 N–H and O–H groups in total. The number of hydrogen-bond acceptors (Lipinski definition) is 7. The Kier molecular flexibility index (Phi) is 7.72. The van der Waals surface area contributed by atoms with E-state index in [2.05, 4.69) is 4.99 Å². The molecule has 12 heteroatoms. The second-order valence-electron chi connectivity index (χ2n) is 7.86. The maximum Gasteiger partial charge on any atom is 0.416 e. The van der Waals surface area contributed by atoms with E-state index in [0.29, 0.717) is 45.8 Å². The summed E-state index contributed by atoms with van der Waals surface area (Å²) in [5.74, 6) is 0.341. The summed E-state index contributed by atoms with van der Waals surface area (Å²) >= 11 is 1.22. The lowest BCUT2D eigenvalue weighted by molar-refractivity contribution is -0.385. The molecule has 0 atom stereocenters. The van der Waals surface area contributed by atoms with Crippen LogP contribution >= 0.6 is 11.8 Å². The molecule has 1 amide bonds. The van der Waals surface area contributed by atoms with Gasteiger partial charge in [0.15, 0.2) is 5.17 Å². The SMILES string of the molecule is CCN1C(=O)/C(=C\c2ccc(Oc3ccc(C(F)(F)F)cc3[N+](=O)[O-])cc2)SC1=Nc1ccc(OC)cc1. The Balaban J connectivity index is 1.53. The van der Waals surface area contributed by atoms with Gasteiger partial charge >= 0.3 is 11.9 Å². The van der Waals surface area contributed by atoms with Crippen molar-refractivity contribution in [3.05, 3.63) is 92.9 Å². The van der Waals surface area contributed by atoms with Crippen LogP contribution in [0.15, 0.2) is 76.6 Å². The molecular formula is C26H20F3N3O5S. The molecule has 3 aromatic rings. The third kappa shape index (κ3) is 5.97. The first-order valence-corrected chi connectivity index (χ1v) is 12.0. The quantitative estimate of drug-likeness (QED) is 0.180. The summed E-state index contributed by atoms with van der Waals surface area (Å²) in [5, 5.41) is 11.8. The van der Waals surface area contributed by atoms with Gasteiger partial charge in [0.1, 0.15) is 11.5 Å². The molecule has 1 aliphatic heterocycles. The highest BCUT2D eigenvalue weighted by Crippen LogP contribution is 2.38. The van der Waals surface area contributed by atoms with Gasteiger partial charge in [-0.25, -0.2) is 4.99 Å². The fourth-order valence-electron chi connectivity index (χ4n) is 3.47. The first-order chi connectivity index (χ1) is 18.1. The molecule has 8 nitrogen and oxygen atoms in total. The number of likely N-dealkylation sites (N-methyl/N-ethyl adjacent to an activating group) is 1. The van der Waals surface area contributed by atoms with E-state index < -0.39 is 22.4 Å². The van der Waals surface area contributed by atoms with E-state index in [0.717, 1.165) is 6.07 Å². The molecule has 3 aromatic carbocycles. The van der Waals surface area contributed by atoms with Crippen LogP contribution in [0.1, 0.15) is 18.1 Å². The number of carbonyl (C=O) groups excluding carboxylic acids is 1. The number of alkyl halides is 3. The predicted octanol–water partition coefficient (Wildman–Crippen LogP) is 7.04. The Morgan fingerprint density at radius 2 is 1.71 bits per heavy atom. The summed E-state index contributed by atoms with van der Waals surface area (Å²) in [4.78, 5) is 29.9. The molecule has 0 bridgehead atoms. The summed E-state index contributed by atoms with van der Waals surface area (Å²) < 4.78 is 49.4. The van der Waals surface area contributed by atoms with Crippen LogP contribution in [0.4, 0.5) is 24.5 Å². The molecule has 0 radical (unpaired) electrons. The van der Waals surface area contributed by atoms with E-state index in [1.807, 2.05) is 6.92 Å². The van der Waals surface area contributed by atoms with E-state index in [4.69, 9.17) is 9.47 Å². The first-order valence-electron chi connectivity index (χ1n) is 11.2. The summed E-state index contributed by atoms with van der Waals surface area (Å²) in [5.41, 5.74) is -0.632. The van der Waals surface area contributed by atoms with Crippen molar-refractivity contribution in [2.45, 2.75) is 13.1 Å². The molecule has 1 saturated heterocycles. The second-order valence-corrected chi connectivity index (χ2v) is 8.87. The van der Waals surface area contributed by atoms with E-state index in [1.54, 1.807) is 54.5 Å². The molecular weight excluding hydrogens is 523 g/mol.